The number of benzene rings is 1. The van der Waals surface area contributed by atoms with Crippen LogP contribution in [0.3, 0.4) is 0 Å². The van der Waals surface area contributed by atoms with Gasteiger partial charge in [-0.15, -0.1) is 11.3 Å². The van der Waals surface area contributed by atoms with E-state index in [1.54, 1.807) is 0 Å². The molecule has 0 saturated heterocycles. The molecular formula is C16H13N3OS. The molecule has 4 nitrogen and oxygen atoms in total. The molecule has 3 rings (SSSR count). The maximum atomic E-state index is 12.2. The Kier molecular flexibility index (Phi) is 3.55. The second-order valence-corrected chi connectivity index (χ2v) is 5.70. The average Bonchev–Trinajstić information content (AvgIpc) is 2.91. The van der Waals surface area contributed by atoms with Crippen molar-refractivity contribution in [3.8, 4) is 6.07 Å². The maximum Gasteiger partial charge on any atom is 0.250 e. The van der Waals surface area contributed by atoms with Crippen LogP contribution in [0, 0.1) is 18.3 Å². The number of carbonyl (C=O) groups is 1. The van der Waals surface area contributed by atoms with E-state index >= 15 is 0 Å². The van der Waals surface area contributed by atoms with E-state index in [1.807, 2.05) is 48.7 Å². The molecule has 2 heterocycles. The molecule has 0 unspecified atom stereocenters. The number of hydrogen-bond acceptors (Lipinski definition) is 4. The van der Waals surface area contributed by atoms with Gasteiger partial charge in [-0.3, -0.25) is 14.7 Å². The first kappa shape index (κ1) is 13.5. The van der Waals surface area contributed by atoms with Crippen LogP contribution in [0.15, 0.2) is 40.7 Å². The number of fused-ring (bicyclic) bond motifs is 1. The van der Waals surface area contributed by atoms with Crippen LogP contribution in [-0.4, -0.2) is 24.7 Å². The summed E-state index contributed by atoms with van der Waals surface area (Å²) in [7, 11) is 0. The molecule has 0 radical (unpaired) electrons. The summed E-state index contributed by atoms with van der Waals surface area (Å²) in [6, 6.07) is 12.1. The van der Waals surface area contributed by atoms with Crippen molar-refractivity contribution >= 4 is 28.0 Å². The first-order valence-corrected chi connectivity index (χ1v) is 7.45. The predicted molar refractivity (Wildman–Crippen MR) is 84.0 cm³/mol. The number of anilines is 1. The average molecular weight is 295 g/mol. The fraction of sp³-hybridized carbons (Fsp3) is 0.188. The van der Waals surface area contributed by atoms with E-state index in [4.69, 9.17) is 5.26 Å². The van der Waals surface area contributed by atoms with Gasteiger partial charge < -0.3 is 0 Å². The number of nitrogens with zero attached hydrogens (tertiary/aromatic N) is 3. The lowest BCUT2D eigenvalue weighted by molar-refractivity contribution is -0.117. The number of amides is 1. The lowest BCUT2D eigenvalue weighted by Gasteiger charge is -2.16. The molecule has 104 valence electrons. The van der Waals surface area contributed by atoms with Crippen LogP contribution in [-0.2, 0) is 4.79 Å². The van der Waals surface area contributed by atoms with Crippen molar-refractivity contribution in [2.75, 3.05) is 18.0 Å². The summed E-state index contributed by atoms with van der Waals surface area (Å²) >= 11 is 1.47. The summed E-state index contributed by atoms with van der Waals surface area (Å²) in [6.07, 6.45) is 0. The maximum absolute atomic E-state index is 12.2. The van der Waals surface area contributed by atoms with Crippen molar-refractivity contribution < 1.29 is 4.79 Å². The zero-order valence-electron chi connectivity index (χ0n) is 11.5. The second-order valence-electron chi connectivity index (χ2n) is 4.81. The Balaban J connectivity index is 2.10. The Labute approximate surface area is 127 Å². The fourth-order valence-electron chi connectivity index (χ4n) is 2.31. The van der Waals surface area contributed by atoms with Crippen molar-refractivity contribution in [1.82, 2.24) is 0 Å². The summed E-state index contributed by atoms with van der Waals surface area (Å²) in [5.74, 6) is -0.137. The van der Waals surface area contributed by atoms with Crippen LogP contribution in [0.1, 0.15) is 16.7 Å². The van der Waals surface area contributed by atoms with Gasteiger partial charge in [-0.2, -0.15) is 5.26 Å². The highest BCUT2D eigenvalue weighted by Crippen LogP contribution is 2.32. The quantitative estimate of drug-likeness (QED) is 0.800. The van der Waals surface area contributed by atoms with E-state index in [0.29, 0.717) is 0 Å². The summed E-state index contributed by atoms with van der Waals surface area (Å²) in [4.78, 5) is 18.2. The van der Waals surface area contributed by atoms with E-state index in [1.165, 1.54) is 21.8 Å². The molecule has 5 heteroatoms. The van der Waals surface area contributed by atoms with Crippen molar-refractivity contribution in [2.24, 2.45) is 4.99 Å². The lowest BCUT2D eigenvalue weighted by Crippen LogP contribution is -2.32. The third-order valence-electron chi connectivity index (χ3n) is 3.37. The van der Waals surface area contributed by atoms with Gasteiger partial charge >= 0.3 is 0 Å². The van der Waals surface area contributed by atoms with Crippen molar-refractivity contribution in [1.29, 1.82) is 5.26 Å². The van der Waals surface area contributed by atoms with Gasteiger partial charge in [-0.1, -0.05) is 29.8 Å². The molecule has 0 spiro atoms. The molecule has 0 aliphatic carbocycles. The highest BCUT2D eigenvalue weighted by molar-refractivity contribution is 7.14. The minimum atomic E-state index is -0.137. The molecule has 1 aliphatic rings. The molecule has 0 saturated carbocycles. The monoisotopic (exact) mass is 295 g/mol. The van der Waals surface area contributed by atoms with Gasteiger partial charge in [0.05, 0.1) is 11.8 Å². The number of nitriles is 1. The highest BCUT2D eigenvalue weighted by atomic mass is 32.1. The van der Waals surface area contributed by atoms with Crippen molar-refractivity contribution in [3.63, 3.8) is 0 Å². The highest BCUT2D eigenvalue weighted by Gasteiger charge is 2.25. The molecule has 0 bridgehead atoms. The van der Waals surface area contributed by atoms with E-state index < -0.39 is 0 Å². The molecule has 0 N–H and O–H groups in total. The molecule has 1 amide bonds. The van der Waals surface area contributed by atoms with Gasteiger partial charge in [0.15, 0.2) is 0 Å². The van der Waals surface area contributed by atoms with Crippen molar-refractivity contribution in [2.45, 2.75) is 6.92 Å². The van der Waals surface area contributed by atoms with Gasteiger partial charge in [-0.05, 0) is 18.4 Å². The van der Waals surface area contributed by atoms with E-state index in [0.717, 1.165) is 21.8 Å². The second kappa shape index (κ2) is 5.51. The summed E-state index contributed by atoms with van der Waals surface area (Å²) in [5.41, 5.74) is 3.91. The molecule has 0 fully saturated rings. The van der Waals surface area contributed by atoms with Crippen LogP contribution >= 0.6 is 11.3 Å². The molecular weight excluding hydrogens is 282 g/mol. The first-order valence-electron chi connectivity index (χ1n) is 6.57. The van der Waals surface area contributed by atoms with E-state index in [-0.39, 0.29) is 19.0 Å². The van der Waals surface area contributed by atoms with Crippen LogP contribution in [0.5, 0.6) is 0 Å². The molecule has 1 aliphatic heterocycles. The van der Waals surface area contributed by atoms with E-state index in [9.17, 15) is 4.79 Å². The Morgan fingerprint density at radius 1 is 1.33 bits per heavy atom. The number of aryl methyl sites for hydroxylation is 1. The van der Waals surface area contributed by atoms with Crippen molar-refractivity contribution in [3.05, 3.63) is 52.4 Å². The minimum absolute atomic E-state index is 0.0586. The molecule has 1 aromatic carbocycles. The third-order valence-corrected chi connectivity index (χ3v) is 4.31. The Morgan fingerprint density at radius 3 is 2.81 bits per heavy atom. The zero-order valence-corrected chi connectivity index (χ0v) is 12.4. The number of hydrogen-bond donors (Lipinski definition) is 0. The molecule has 21 heavy (non-hydrogen) atoms. The van der Waals surface area contributed by atoms with Gasteiger partial charge in [0.25, 0.3) is 0 Å². The molecule has 1 aromatic heterocycles. The Bertz CT molecular complexity index is 753. The third kappa shape index (κ3) is 2.46. The normalized spacial score (nSPS) is 14.2. The molecule has 0 atom stereocenters. The largest absolute Gasteiger partial charge is 0.288 e. The van der Waals surface area contributed by atoms with E-state index in [2.05, 4.69) is 4.99 Å². The first-order chi connectivity index (χ1) is 10.2. The number of thiophene rings is 1. The Hall–Kier alpha value is -2.45. The number of rotatable bonds is 2. The zero-order chi connectivity index (χ0) is 14.8. The van der Waals surface area contributed by atoms with Gasteiger partial charge in [-0.25, -0.2) is 0 Å². The topological polar surface area (TPSA) is 56.5 Å². The van der Waals surface area contributed by atoms with Crippen LogP contribution in [0.4, 0.5) is 5.00 Å². The SMILES string of the molecule is Cc1ccc(C2=NCC(=O)N(CC#N)c3sccc32)cc1. The smallest absolute Gasteiger partial charge is 0.250 e. The standard InChI is InChI=1S/C16H13N3OS/c1-11-2-4-12(5-3-11)15-13-6-9-21-16(13)19(8-7-17)14(20)10-18-15/h2-6,9H,8,10H2,1H3. The summed E-state index contributed by atoms with van der Waals surface area (Å²) in [5, 5.41) is 11.7. The van der Waals surface area contributed by atoms with Gasteiger partial charge in [0, 0.05) is 11.1 Å². The molecule has 2 aromatic rings. The van der Waals surface area contributed by atoms with Crippen LogP contribution in [0.25, 0.3) is 0 Å². The van der Waals surface area contributed by atoms with Gasteiger partial charge in [0.1, 0.15) is 18.1 Å². The summed E-state index contributed by atoms with van der Waals surface area (Å²) < 4.78 is 0. The summed E-state index contributed by atoms with van der Waals surface area (Å²) in [6.45, 7) is 2.17. The van der Waals surface area contributed by atoms with Crippen LogP contribution < -0.4 is 4.90 Å². The Morgan fingerprint density at radius 2 is 2.10 bits per heavy atom. The fourth-order valence-corrected chi connectivity index (χ4v) is 3.23. The minimum Gasteiger partial charge on any atom is -0.288 e. The number of aliphatic imine (C=N–C) groups is 1. The number of carbonyl (C=O) groups excluding carboxylic acids is 1. The lowest BCUT2D eigenvalue weighted by atomic mass is 10.0. The van der Waals surface area contributed by atoms with Crippen LogP contribution in [0.2, 0.25) is 0 Å². The van der Waals surface area contributed by atoms with Gasteiger partial charge in [0.2, 0.25) is 5.91 Å². The predicted octanol–water partition coefficient (Wildman–Crippen LogP) is 2.76.